The first-order valence-electron chi connectivity index (χ1n) is 6.80. The zero-order valence-corrected chi connectivity index (χ0v) is 13.0. The van der Waals surface area contributed by atoms with Crippen LogP contribution in [0.3, 0.4) is 0 Å². The molecule has 2 rings (SSSR count). The zero-order valence-electron chi connectivity index (χ0n) is 12.2. The number of aryl methyl sites for hydroxylation is 4. The summed E-state index contributed by atoms with van der Waals surface area (Å²) in [5, 5.41) is 4.00. The number of nitrogens with zero attached hydrogens (tertiary/aromatic N) is 1. The molecule has 0 spiro atoms. The van der Waals surface area contributed by atoms with Gasteiger partial charge >= 0.3 is 0 Å². The first-order chi connectivity index (χ1) is 9.54. The van der Waals surface area contributed by atoms with Gasteiger partial charge in [-0.15, -0.1) is 11.3 Å². The standard InChI is InChI=1S/C16H20N2OS/c1-11-5-4-6-14(9-11)10-17-15(19)7-8-16-18-12(2)13(3)20-16/h4-6,9H,7-8,10H2,1-3H3,(H,17,19). The van der Waals surface area contributed by atoms with Crippen LogP contribution in [0.1, 0.15) is 33.1 Å². The van der Waals surface area contributed by atoms with E-state index in [0.29, 0.717) is 13.0 Å². The van der Waals surface area contributed by atoms with Gasteiger partial charge in [0.25, 0.3) is 0 Å². The highest BCUT2D eigenvalue weighted by atomic mass is 32.1. The Morgan fingerprint density at radius 1 is 1.30 bits per heavy atom. The second-order valence-electron chi connectivity index (χ2n) is 5.01. The molecule has 0 aliphatic heterocycles. The molecule has 0 atom stereocenters. The Hall–Kier alpha value is -1.68. The molecule has 3 nitrogen and oxygen atoms in total. The summed E-state index contributed by atoms with van der Waals surface area (Å²) in [6.45, 7) is 6.72. The van der Waals surface area contributed by atoms with Crippen molar-refractivity contribution < 1.29 is 4.79 Å². The van der Waals surface area contributed by atoms with Crippen LogP contribution in [0.15, 0.2) is 24.3 Å². The number of carbonyl (C=O) groups excluding carboxylic acids is 1. The van der Waals surface area contributed by atoms with Gasteiger partial charge in [0, 0.05) is 24.3 Å². The lowest BCUT2D eigenvalue weighted by atomic mass is 10.1. The van der Waals surface area contributed by atoms with Crippen molar-refractivity contribution in [3.8, 4) is 0 Å². The second kappa shape index (κ2) is 6.66. The zero-order chi connectivity index (χ0) is 14.5. The Morgan fingerprint density at radius 2 is 2.10 bits per heavy atom. The summed E-state index contributed by atoms with van der Waals surface area (Å²) in [7, 11) is 0. The average molecular weight is 288 g/mol. The smallest absolute Gasteiger partial charge is 0.220 e. The predicted octanol–water partition coefficient (Wildman–Crippen LogP) is 3.32. The predicted molar refractivity (Wildman–Crippen MR) is 82.9 cm³/mol. The van der Waals surface area contributed by atoms with E-state index in [0.717, 1.165) is 22.7 Å². The summed E-state index contributed by atoms with van der Waals surface area (Å²) in [5.74, 6) is 0.0806. The number of nitrogens with one attached hydrogen (secondary N) is 1. The number of benzene rings is 1. The molecule has 1 heterocycles. The maximum Gasteiger partial charge on any atom is 0.220 e. The molecule has 0 unspecified atom stereocenters. The Bertz CT molecular complexity index is 585. The van der Waals surface area contributed by atoms with Gasteiger partial charge in [-0.05, 0) is 26.3 Å². The van der Waals surface area contributed by atoms with Crippen molar-refractivity contribution in [3.63, 3.8) is 0 Å². The SMILES string of the molecule is Cc1cccc(CNC(=O)CCc2nc(C)c(C)s2)c1. The molecule has 1 aromatic carbocycles. The van der Waals surface area contributed by atoms with Crippen molar-refractivity contribution in [2.24, 2.45) is 0 Å². The molecule has 0 aliphatic carbocycles. The van der Waals surface area contributed by atoms with Crippen LogP contribution in [-0.4, -0.2) is 10.9 Å². The van der Waals surface area contributed by atoms with Gasteiger partial charge in [-0.25, -0.2) is 4.98 Å². The minimum atomic E-state index is 0.0806. The van der Waals surface area contributed by atoms with Crippen molar-refractivity contribution in [1.29, 1.82) is 0 Å². The van der Waals surface area contributed by atoms with E-state index in [4.69, 9.17) is 0 Å². The van der Waals surface area contributed by atoms with E-state index < -0.39 is 0 Å². The molecular formula is C16H20N2OS. The molecule has 0 bridgehead atoms. The number of rotatable bonds is 5. The Kier molecular flexibility index (Phi) is 4.90. The van der Waals surface area contributed by atoms with E-state index in [1.807, 2.05) is 19.1 Å². The summed E-state index contributed by atoms with van der Waals surface area (Å²) in [6.07, 6.45) is 1.22. The second-order valence-corrected chi connectivity index (χ2v) is 6.30. The molecule has 0 saturated carbocycles. The van der Waals surface area contributed by atoms with Gasteiger partial charge in [-0.2, -0.15) is 0 Å². The largest absolute Gasteiger partial charge is 0.352 e. The Labute approximate surface area is 124 Å². The number of aromatic nitrogens is 1. The quantitative estimate of drug-likeness (QED) is 0.917. The maximum absolute atomic E-state index is 11.8. The maximum atomic E-state index is 11.8. The van der Waals surface area contributed by atoms with Crippen molar-refractivity contribution in [2.45, 2.75) is 40.2 Å². The van der Waals surface area contributed by atoms with Gasteiger partial charge in [-0.1, -0.05) is 29.8 Å². The van der Waals surface area contributed by atoms with Crippen molar-refractivity contribution >= 4 is 17.2 Å². The van der Waals surface area contributed by atoms with Crippen molar-refractivity contribution in [1.82, 2.24) is 10.3 Å². The van der Waals surface area contributed by atoms with E-state index in [1.165, 1.54) is 10.4 Å². The lowest BCUT2D eigenvalue weighted by Crippen LogP contribution is -2.23. The van der Waals surface area contributed by atoms with Crippen molar-refractivity contribution in [3.05, 3.63) is 51.0 Å². The van der Waals surface area contributed by atoms with Crippen LogP contribution in [0.4, 0.5) is 0 Å². The first-order valence-corrected chi connectivity index (χ1v) is 7.61. The van der Waals surface area contributed by atoms with E-state index in [2.05, 4.69) is 36.3 Å². The highest BCUT2D eigenvalue weighted by Gasteiger charge is 2.07. The van der Waals surface area contributed by atoms with Gasteiger partial charge in [0.2, 0.25) is 5.91 Å². The fraction of sp³-hybridized carbons (Fsp3) is 0.375. The molecule has 0 fully saturated rings. The molecule has 1 aromatic heterocycles. The third kappa shape index (κ3) is 4.17. The van der Waals surface area contributed by atoms with E-state index in [9.17, 15) is 4.79 Å². The van der Waals surface area contributed by atoms with Crippen LogP contribution in [0.2, 0.25) is 0 Å². The van der Waals surface area contributed by atoms with Crippen LogP contribution >= 0.6 is 11.3 Å². The minimum absolute atomic E-state index is 0.0806. The summed E-state index contributed by atoms with van der Waals surface area (Å²) in [6, 6.07) is 8.19. The Morgan fingerprint density at radius 3 is 2.75 bits per heavy atom. The lowest BCUT2D eigenvalue weighted by molar-refractivity contribution is -0.121. The summed E-state index contributed by atoms with van der Waals surface area (Å²) in [5.41, 5.74) is 3.43. The summed E-state index contributed by atoms with van der Waals surface area (Å²) in [4.78, 5) is 17.5. The number of thiazole rings is 1. The fourth-order valence-electron chi connectivity index (χ4n) is 1.98. The molecule has 2 aromatic rings. The highest BCUT2D eigenvalue weighted by Crippen LogP contribution is 2.17. The minimum Gasteiger partial charge on any atom is -0.352 e. The average Bonchev–Trinajstić information content (AvgIpc) is 2.73. The van der Waals surface area contributed by atoms with E-state index in [-0.39, 0.29) is 5.91 Å². The fourth-order valence-corrected chi connectivity index (χ4v) is 2.91. The third-order valence-corrected chi connectivity index (χ3v) is 4.34. The molecular weight excluding hydrogens is 268 g/mol. The van der Waals surface area contributed by atoms with Gasteiger partial charge in [0.05, 0.1) is 10.7 Å². The van der Waals surface area contributed by atoms with Crippen LogP contribution < -0.4 is 5.32 Å². The van der Waals surface area contributed by atoms with E-state index in [1.54, 1.807) is 11.3 Å². The molecule has 1 N–H and O–H groups in total. The number of hydrogen-bond acceptors (Lipinski definition) is 3. The number of amides is 1. The molecule has 0 radical (unpaired) electrons. The van der Waals surface area contributed by atoms with Crippen LogP contribution in [0.25, 0.3) is 0 Å². The highest BCUT2D eigenvalue weighted by molar-refractivity contribution is 7.11. The van der Waals surface area contributed by atoms with Gasteiger partial charge < -0.3 is 5.32 Å². The van der Waals surface area contributed by atoms with Crippen LogP contribution in [0, 0.1) is 20.8 Å². The van der Waals surface area contributed by atoms with Crippen LogP contribution in [-0.2, 0) is 17.8 Å². The summed E-state index contributed by atoms with van der Waals surface area (Å²) >= 11 is 1.68. The van der Waals surface area contributed by atoms with E-state index >= 15 is 0 Å². The topological polar surface area (TPSA) is 42.0 Å². The molecule has 1 amide bonds. The summed E-state index contributed by atoms with van der Waals surface area (Å²) < 4.78 is 0. The molecule has 20 heavy (non-hydrogen) atoms. The number of hydrogen-bond donors (Lipinski definition) is 1. The number of carbonyl (C=O) groups is 1. The van der Waals surface area contributed by atoms with Gasteiger partial charge in [0.1, 0.15) is 0 Å². The van der Waals surface area contributed by atoms with Gasteiger partial charge in [0.15, 0.2) is 0 Å². The van der Waals surface area contributed by atoms with Crippen molar-refractivity contribution in [2.75, 3.05) is 0 Å². The molecule has 0 saturated heterocycles. The monoisotopic (exact) mass is 288 g/mol. The third-order valence-electron chi connectivity index (χ3n) is 3.21. The molecule has 4 heteroatoms. The first kappa shape index (κ1) is 14.7. The Balaban J connectivity index is 1.78. The lowest BCUT2D eigenvalue weighted by Gasteiger charge is -2.05. The molecule has 0 aliphatic rings. The van der Waals surface area contributed by atoms with Crippen LogP contribution in [0.5, 0.6) is 0 Å². The molecule has 106 valence electrons. The normalized spacial score (nSPS) is 10.6. The van der Waals surface area contributed by atoms with Gasteiger partial charge in [-0.3, -0.25) is 4.79 Å².